The zero-order valence-corrected chi connectivity index (χ0v) is 10.1. The van der Waals surface area contributed by atoms with Crippen molar-refractivity contribution in [1.82, 2.24) is 5.32 Å². The predicted octanol–water partition coefficient (Wildman–Crippen LogP) is 2.63. The molecule has 0 saturated heterocycles. The average molecular weight is 219 g/mol. The molecule has 0 heterocycles. The molecule has 1 amide bonds. The summed E-state index contributed by atoms with van der Waals surface area (Å²) in [6.45, 7) is 2.10. The standard InChI is InChI=1S/C14H21NO/c1-3-14(10-11-14)15-12(16)13(2)8-6-4-5-7-9-13/h1H,4-11H2,2H3,(H,15,16). The third-order valence-electron chi connectivity index (χ3n) is 4.13. The Morgan fingerprint density at radius 2 is 1.69 bits per heavy atom. The topological polar surface area (TPSA) is 29.1 Å². The van der Waals surface area contributed by atoms with Gasteiger partial charge in [0.05, 0.1) is 0 Å². The van der Waals surface area contributed by atoms with E-state index in [0.717, 1.165) is 25.7 Å². The fourth-order valence-electron chi connectivity index (χ4n) is 2.53. The Hall–Kier alpha value is -0.970. The number of hydrogen-bond donors (Lipinski definition) is 1. The minimum absolute atomic E-state index is 0.178. The van der Waals surface area contributed by atoms with Crippen molar-refractivity contribution in [3.8, 4) is 12.3 Å². The Kier molecular flexibility index (Phi) is 2.97. The quantitative estimate of drug-likeness (QED) is 0.561. The first-order chi connectivity index (χ1) is 7.60. The van der Waals surface area contributed by atoms with Crippen LogP contribution in [-0.2, 0) is 4.79 Å². The molecule has 0 bridgehead atoms. The lowest BCUT2D eigenvalue weighted by molar-refractivity contribution is -0.131. The van der Waals surface area contributed by atoms with Gasteiger partial charge in [0.25, 0.3) is 0 Å². The van der Waals surface area contributed by atoms with Crippen molar-refractivity contribution in [1.29, 1.82) is 0 Å². The van der Waals surface area contributed by atoms with E-state index in [-0.39, 0.29) is 16.9 Å². The molecule has 2 heteroatoms. The highest BCUT2D eigenvalue weighted by molar-refractivity contribution is 5.83. The number of carbonyl (C=O) groups is 1. The molecule has 0 unspecified atom stereocenters. The zero-order chi connectivity index (χ0) is 11.6. The highest BCUT2D eigenvalue weighted by Gasteiger charge is 2.45. The molecule has 2 rings (SSSR count). The molecule has 2 aliphatic carbocycles. The van der Waals surface area contributed by atoms with E-state index >= 15 is 0 Å². The summed E-state index contributed by atoms with van der Waals surface area (Å²) in [6, 6.07) is 0. The fourth-order valence-corrected chi connectivity index (χ4v) is 2.53. The van der Waals surface area contributed by atoms with Crippen LogP contribution in [0.3, 0.4) is 0 Å². The summed E-state index contributed by atoms with van der Waals surface area (Å²) in [6.07, 6.45) is 14.3. The minimum Gasteiger partial charge on any atom is -0.339 e. The van der Waals surface area contributed by atoms with Crippen LogP contribution in [0.2, 0.25) is 0 Å². The van der Waals surface area contributed by atoms with Crippen LogP contribution in [0, 0.1) is 17.8 Å². The average Bonchev–Trinajstić information content (AvgIpc) is 3.04. The van der Waals surface area contributed by atoms with Crippen LogP contribution in [0.15, 0.2) is 0 Å². The van der Waals surface area contributed by atoms with Crippen LogP contribution in [0.5, 0.6) is 0 Å². The summed E-state index contributed by atoms with van der Waals surface area (Å²) in [5.41, 5.74) is -0.463. The van der Waals surface area contributed by atoms with E-state index in [0.29, 0.717) is 0 Å². The van der Waals surface area contributed by atoms with E-state index in [1.807, 2.05) is 0 Å². The molecule has 2 aliphatic rings. The van der Waals surface area contributed by atoms with E-state index in [2.05, 4.69) is 18.2 Å². The van der Waals surface area contributed by atoms with Crippen LogP contribution in [0.25, 0.3) is 0 Å². The number of amides is 1. The van der Waals surface area contributed by atoms with Gasteiger partial charge in [0, 0.05) is 5.41 Å². The molecule has 16 heavy (non-hydrogen) atoms. The molecule has 0 aromatic carbocycles. The lowest BCUT2D eigenvalue weighted by Crippen LogP contribution is -2.44. The van der Waals surface area contributed by atoms with Crippen LogP contribution in [0.4, 0.5) is 0 Å². The maximum atomic E-state index is 12.3. The van der Waals surface area contributed by atoms with Crippen LogP contribution >= 0.6 is 0 Å². The SMILES string of the molecule is C#CC1(NC(=O)C2(C)CCCCCC2)CC1. The van der Waals surface area contributed by atoms with E-state index in [1.165, 1.54) is 25.7 Å². The van der Waals surface area contributed by atoms with Gasteiger partial charge in [-0.25, -0.2) is 0 Å². The van der Waals surface area contributed by atoms with Crippen molar-refractivity contribution in [2.45, 2.75) is 63.8 Å². The fraction of sp³-hybridized carbons (Fsp3) is 0.786. The predicted molar refractivity (Wildman–Crippen MR) is 64.7 cm³/mol. The van der Waals surface area contributed by atoms with Crippen molar-refractivity contribution in [2.24, 2.45) is 5.41 Å². The van der Waals surface area contributed by atoms with Gasteiger partial charge in [-0.05, 0) is 25.7 Å². The number of rotatable bonds is 2. The Balaban J connectivity index is 1.99. The van der Waals surface area contributed by atoms with Crippen molar-refractivity contribution < 1.29 is 4.79 Å². The maximum Gasteiger partial charge on any atom is 0.227 e. The highest BCUT2D eigenvalue weighted by Crippen LogP contribution is 2.39. The summed E-state index contributed by atoms with van der Waals surface area (Å²) in [4.78, 5) is 12.3. The molecule has 0 radical (unpaired) electrons. The lowest BCUT2D eigenvalue weighted by atomic mass is 9.81. The molecule has 2 fully saturated rings. The minimum atomic E-state index is -0.285. The summed E-state index contributed by atoms with van der Waals surface area (Å²) >= 11 is 0. The van der Waals surface area contributed by atoms with Crippen molar-refractivity contribution in [3.63, 3.8) is 0 Å². The molecule has 0 aromatic rings. The van der Waals surface area contributed by atoms with Crippen LogP contribution in [-0.4, -0.2) is 11.4 Å². The molecule has 0 aliphatic heterocycles. The first-order valence-corrected chi connectivity index (χ1v) is 6.41. The molecular formula is C14H21NO. The number of terminal acetylenes is 1. The smallest absolute Gasteiger partial charge is 0.227 e. The highest BCUT2D eigenvalue weighted by atomic mass is 16.2. The molecule has 88 valence electrons. The van der Waals surface area contributed by atoms with E-state index in [1.54, 1.807) is 0 Å². The van der Waals surface area contributed by atoms with Gasteiger partial charge in [-0.1, -0.05) is 38.5 Å². The van der Waals surface area contributed by atoms with Gasteiger partial charge >= 0.3 is 0 Å². The van der Waals surface area contributed by atoms with E-state index in [9.17, 15) is 4.79 Å². The van der Waals surface area contributed by atoms with Gasteiger partial charge in [-0.15, -0.1) is 6.42 Å². The first kappa shape index (κ1) is 11.5. The normalized spacial score (nSPS) is 26.2. The second-order valence-electron chi connectivity index (χ2n) is 5.66. The summed E-state index contributed by atoms with van der Waals surface area (Å²) in [5.74, 6) is 2.91. The summed E-state index contributed by atoms with van der Waals surface area (Å²) in [7, 11) is 0. The van der Waals surface area contributed by atoms with Gasteiger partial charge in [-0.2, -0.15) is 0 Å². The maximum absolute atomic E-state index is 12.3. The van der Waals surface area contributed by atoms with Crippen molar-refractivity contribution in [2.75, 3.05) is 0 Å². The molecule has 1 N–H and O–H groups in total. The Morgan fingerprint density at radius 1 is 1.12 bits per heavy atom. The Morgan fingerprint density at radius 3 is 2.12 bits per heavy atom. The Bertz CT molecular complexity index is 314. The molecule has 2 nitrogen and oxygen atoms in total. The molecule has 0 spiro atoms. The van der Waals surface area contributed by atoms with Crippen LogP contribution < -0.4 is 5.32 Å². The molecule has 0 aromatic heterocycles. The van der Waals surface area contributed by atoms with E-state index < -0.39 is 0 Å². The molecule has 0 atom stereocenters. The largest absolute Gasteiger partial charge is 0.339 e. The molecular weight excluding hydrogens is 198 g/mol. The lowest BCUT2D eigenvalue weighted by Gasteiger charge is -2.28. The van der Waals surface area contributed by atoms with Gasteiger partial charge in [0.2, 0.25) is 5.91 Å². The summed E-state index contributed by atoms with van der Waals surface area (Å²) in [5, 5.41) is 3.08. The van der Waals surface area contributed by atoms with Crippen molar-refractivity contribution >= 4 is 5.91 Å². The summed E-state index contributed by atoms with van der Waals surface area (Å²) < 4.78 is 0. The molecule has 2 saturated carbocycles. The van der Waals surface area contributed by atoms with Gasteiger partial charge in [0.15, 0.2) is 0 Å². The second-order valence-corrected chi connectivity index (χ2v) is 5.66. The van der Waals surface area contributed by atoms with Gasteiger partial charge < -0.3 is 5.32 Å². The third kappa shape index (κ3) is 2.24. The van der Waals surface area contributed by atoms with Crippen molar-refractivity contribution in [3.05, 3.63) is 0 Å². The third-order valence-corrected chi connectivity index (χ3v) is 4.13. The van der Waals surface area contributed by atoms with Crippen LogP contribution in [0.1, 0.15) is 58.3 Å². The number of hydrogen-bond acceptors (Lipinski definition) is 1. The second kappa shape index (κ2) is 4.13. The number of nitrogens with one attached hydrogen (secondary N) is 1. The van der Waals surface area contributed by atoms with E-state index in [4.69, 9.17) is 6.42 Å². The monoisotopic (exact) mass is 219 g/mol. The first-order valence-electron chi connectivity index (χ1n) is 6.41. The zero-order valence-electron chi connectivity index (χ0n) is 10.1. The number of carbonyl (C=O) groups excluding carboxylic acids is 1. The Labute approximate surface area is 98.2 Å². The van der Waals surface area contributed by atoms with Gasteiger partial charge in [-0.3, -0.25) is 4.79 Å². The van der Waals surface area contributed by atoms with Gasteiger partial charge in [0.1, 0.15) is 5.54 Å².